The molecule has 126 valence electrons. The first-order valence-corrected chi connectivity index (χ1v) is 9.34. The summed E-state index contributed by atoms with van der Waals surface area (Å²) in [5, 5.41) is 5.62. The molecule has 5 nitrogen and oxygen atoms in total. The molecule has 7 heteroatoms. The van der Waals surface area contributed by atoms with Crippen molar-refractivity contribution in [3.8, 4) is 0 Å². The molecule has 0 bridgehead atoms. The maximum absolute atomic E-state index is 12.5. The van der Waals surface area contributed by atoms with Crippen molar-refractivity contribution in [1.82, 2.24) is 15.2 Å². The van der Waals surface area contributed by atoms with E-state index in [4.69, 9.17) is 11.6 Å². The number of carbonyl (C=O) groups excluding carboxylic acids is 2. The highest BCUT2D eigenvalue weighted by atomic mass is 35.5. The number of thiazole rings is 1. The van der Waals surface area contributed by atoms with Crippen molar-refractivity contribution >= 4 is 34.8 Å². The molecule has 2 amide bonds. The first-order valence-electron chi connectivity index (χ1n) is 8.09. The molecule has 1 unspecified atom stereocenters. The lowest BCUT2D eigenvalue weighted by atomic mass is 9.75. The zero-order valence-corrected chi connectivity index (χ0v) is 15.0. The van der Waals surface area contributed by atoms with E-state index in [2.05, 4.69) is 17.2 Å². The van der Waals surface area contributed by atoms with Gasteiger partial charge in [-0.05, 0) is 38.5 Å². The second-order valence-corrected chi connectivity index (χ2v) is 8.37. The number of likely N-dealkylation sites (tertiary alicyclic amines) is 1. The molecule has 0 radical (unpaired) electrons. The number of aromatic nitrogens is 1. The summed E-state index contributed by atoms with van der Waals surface area (Å²) in [6.07, 6.45) is 3.72. The predicted octanol–water partition coefficient (Wildman–Crippen LogP) is 2.95. The van der Waals surface area contributed by atoms with Crippen LogP contribution in [0.25, 0.3) is 0 Å². The smallest absolute Gasteiger partial charge is 0.282 e. The van der Waals surface area contributed by atoms with Gasteiger partial charge < -0.3 is 10.2 Å². The van der Waals surface area contributed by atoms with Crippen LogP contribution in [-0.4, -0.2) is 40.3 Å². The summed E-state index contributed by atoms with van der Waals surface area (Å²) < 4.78 is 0. The second-order valence-electron chi connectivity index (χ2n) is 7.13. The first-order chi connectivity index (χ1) is 10.9. The molecular weight excluding hydrogens is 334 g/mol. The van der Waals surface area contributed by atoms with Gasteiger partial charge >= 0.3 is 0 Å². The van der Waals surface area contributed by atoms with Gasteiger partial charge in [0.15, 0.2) is 5.01 Å². The van der Waals surface area contributed by atoms with Gasteiger partial charge in [0.2, 0.25) is 5.91 Å². The van der Waals surface area contributed by atoms with Gasteiger partial charge in [0.1, 0.15) is 5.15 Å². The molecule has 2 heterocycles. The fraction of sp³-hybridized carbons (Fsp3) is 0.688. The highest BCUT2D eigenvalue weighted by Gasteiger charge is 2.39. The highest BCUT2D eigenvalue weighted by Crippen LogP contribution is 2.34. The Morgan fingerprint density at radius 3 is 2.83 bits per heavy atom. The summed E-state index contributed by atoms with van der Waals surface area (Å²) in [5.74, 6) is 0.833. The normalized spacial score (nSPS) is 30.7. The van der Waals surface area contributed by atoms with E-state index in [1.165, 1.54) is 11.3 Å². The molecule has 1 aromatic rings. The molecule has 3 rings (SSSR count). The molecule has 1 aliphatic carbocycles. The summed E-state index contributed by atoms with van der Waals surface area (Å²) >= 11 is 7.07. The Morgan fingerprint density at radius 1 is 1.48 bits per heavy atom. The summed E-state index contributed by atoms with van der Waals surface area (Å²) in [5.41, 5.74) is -0.356. The number of halogens is 1. The number of hydrogen-bond donors (Lipinski definition) is 1. The SMILES string of the molecule is CC1CC(C(=O)NC2(C)CCCN(C(=O)c3nc(Cl)cs3)C2)C1. The minimum absolute atomic E-state index is 0.0978. The van der Waals surface area contributed by atoms with E-state index in [0.29, 0.717) is 29.2 Å². The zero-order chi connectivity index (χ0) is 16.6. The van der Waals surface area contributed by atoms with Gasteiger partial charge in [-0.3, -0.25) is 9.59 Å². The number of rotatable bonds is 3. The van der Waals surface area contributed by atoms with E-state index >= 15 is 0 Å². The number of piperidine rings is 1. The topological polar surface area (TPSA) is 62.3 Å². The maximum atomic E-state index is 12.5. The molecule has 2 fully saturated rings. The monoisotopic (exact) mass is 355 g/mol. The minimum atomic E-state index is -0.356. The van der Waals surface area contributed by atoms with Gasteiger partial charge in [0.25, 0.3) is 5.91 Å². The number of nitrogens with zero attached hydrogens (tertiary/aromatic N) is 2. The van der Waals surface area contributed by atoms with Crippen LogP contribution in [0.1, 0.15) is 49.3 Å². The lowest BCUT2D eigenvalue weighted by molar-refractivity contribution is -0.131. The van der Waals surface area contributed by atoms with Crippen LogP contribution in [0.15, 0.2) is 5.38 Å². The van der Waals surface area contributed by atoms with Crippen molar-refractivity contribution in [2.24, 2.45) is 11.8 Å². The fourth-order valence-electron chi connectivity index (χ4n) is 3.52. The van der Waals surface area contributed by atoms with E-state index in [9.17, 15) is 9.59 Å². The first kappa shape index (κ1) is 16.7. The maximum Gasteiger partial charge on any atom is 0.282 e. The fourth-order valence-corrected chi connectivity index (χ4v) is 4.43. The van der Waals surface area contributed by atoms with Gasteiger partial charge in [-0.1, -0.05) is 18.5 Å². The average Bonchev–Trinajstić information content (AvgIpc) is 2.89. The van der Waals surface area contributed by atoms with Crippen molar-refractivity contribution < 1.29 is 9.59 Å². The quantitative estimate of drug-likeness (QED) is 0.906. The molecule has 0 aromatic carbocycles. The van der Waals surface area contributed by atoms with Gasteiger partial charge in [-0.25, -0.2) is 4.98 Å². The Balaban J connectivity index is 1.62. The average molecular weight is 356 g/mol. The molecule has 1 N–H and O–H groups in total. The predicted molar refractivity (Wildman–Crippen MR) is 90.7 cm³/mol. The highest BCUT2D eigenvalue weighted by molar-refractivity contribution is 7.12. The Hall–Kier alpha value is -1.14. The van der Waals surface area contributed by atoms with Gasteiger partial charge in [0, 0.05) is 24.4 Å². The molecule has 1 aliphatic heterocycles. The third kappa shape index (κ3) is 3.69. The van der Waals surface area contributed by atoms with Gasteiger partial charge in [-0.15, -0.1) is 11.3 Å². The Morgan fingerprint density at radius 2 is 2.22 bits per heavy atom. The summed E-state index contributed by atoms with van der Waals surface area (Å²) in [6, 6.07) is 0. The van der Waals surface area contributed by atoms with E-state index in [0.717, 1.165) is 25.7 Å². The lowest BCUT2D eigenvalue weighted by Crippen LogP contribution is -2.59. The van der Waals surface area contributed by atoms with Crippen LogP contribution >= 0.6 is 22.9 Å². The summed E-state index contributed by atoms with van der Waals surface area (Å²) in [4.78, 5) is 30.7. The van der Waals surface area contributed by atoms with Crippen molar-refractivity contribution in [1.29, 1.82) is 0 Å². The van der Waals surface area contributed by atoms with Crippen molar-refractivity contribution in [2.45, 2.75) is 45.1 Å². The standard InChI is InChI=1S/C16H22ClN3O2S/c1-10-6-11(7-10)13(21)19-16(2)4-3-5-20(9-16)15(22)14-18-12(17)8-23-14/h8,10-11H,3-7,9H2,1-2H3,(H,19,21). The third-order valence-corrected chi connectivity index (χ3v) is 5.97. The lowest BCUT2D eigenvalue weighted by Gasteiger charge is -2.42. The van der Waals surface area contributed by atoms with Crippen LogP contribution in [0, 0.1) is 11.8 Å². The number of carbonyl (C=O) groups is 2. The van der Waals surface area contributed by atoms with Crippen LogP contribution in [0.4, 0.5) is 0 Å². The summed E-state index contributed by atoms with van der Waals surface area (Å²) in [6.45, 7) is 5.42. The third-order valence-electron chi connectivity index (χ3n) is 4.81. The Kier molecular flexibility index (Phi) is 4.65. The van der Waals surface area contributed by atoms with E-state index < -0.39 is 0 Å². The molecule has 1 saturated heterocycles. The van der Waals surface area contributed by atoms with Crippen molar-refractivity contribution in [3.63, 3.8) is 0 Å². The molecule has 2 aliphatic rings. The Bertz CT molecular complexity index is 614. The molecule has 0 spiro atoms. The van der Waals surface area contributed by atoms with Crippen LogP contribution in [0.3, 0.4) is 0 Å². The molecule has 1 saturated carbocycles. The largest absolute Gasteiger partial charge is 0.349 e. The number of amides is 2. The van der Waals surface area contributed by atoms with Crippen LogP contribution < -0.4 is 5.32 Å². The molecule has 23 heavy (non-hydrogen) atoms. The second kappa shape index (κ2) is 6.40. The molecule has 1 atom stereocenters. The number of hydrogen-bond acceptors (Lipinski definition) is 4. The molecular formula is C16H22ClN3O2S. The van der Waals surface area contributed by atoms with E-state index in [1.807, 2.05) is 6.92 Å². The van der Waals surface area contributed by atoms with Gasteiger partial charge in [0.05, 0.1) is 5.54 Å². The van der Waals surface area contributed by atoms with Crippen LogP contribution in [0.2, 0.25) is 5.15 Å². The van der Waals surface area contributed by atoms with Crippen molar-refractivity contribution in [2.75, 3.05) is 13.1 Å². The number of nitrogens with one attached hydrogen (secondary N) is 1. The molecule has 1 aromatic heterocycles. The Labute approximate surface area is 145 Å². The van der Waals surface area contributed by atoms with Gasteiger partial charge in [-0.2, -0.15) is 0 Å². The van der Waals surface area contributed by atoms with Crippen LogP contribution in [0.5, 0.6) is 0 Å². The summed E-state index contributed by atoms with van der Waals surface area (Å²) in [7, 11) is 0. The van der Waals surface area contributed by atoms with E-state index in [1.54, 1.807) is 10.3 Å². The van der Waals surface area contributed by atoms with E-state index in [-0.39, 0.29) is 23.3 Å². The van der Waals surface area contributed by atoms with Crippen LogP contribution in [-0.2, 0) is 4.79 Å². The minimum Gasteiger partial charge on any atom is -0.349 e. The van der Waals surface area contributed by atoms with Crippen molar-refractivity contribution in [3.05, 3.63) is 15.5 Å². The zero-order valence-electron chi connectivity index (χ0n) is 13.5.